The minimum atomic E-state index is -0.356. The van der Waals surface area contributed by atoms with Gasteiger partial charge in [-0.15, -0.1) is 0 Å². The van der Waals surface area contributed by atoms with Gasteiger partial charge in [-0.1, -0.05) is 30.3 Å². The molecule has 118 valence electrons. The van der Waals surface area contributed by atoms with Crippen molar-refractivity contribution in [2.75, 3.05) is 0 Å². The zero-order valence-corrected chi connectivity index (χ0v) is 12.3. The van der Waals surface area contributed by atoms with E-state index >= 15 is 0 Å². The number of fused-ring (bicyclic) bond motifs is 1. The van der Waals surface area contributed by atoms with Crippen LogP contribution in [0, 0.1) is 0 Å². The van der Waals surface area contributed by atoms with Crippen LogP contribution < -0.4 is 5.43 Å². The van der Waals surface area contributed by atoms with E-state index in [1.54, 1.807) is 36.4 Å². The Morgan fingerprint density at radius 1 is 0.870 bits per heavy atom. The fraction of sp³-hybridized carbons (Fsp3) is 0.167. The van der Waals surface area contributed by atoms with Crippen LogP contribution in [-0.4, -0.2) is 15.3 Å². The molecule has 0 aliphatic carbocycles. The van der Waals surface area contributed by atoms with E-state index in [0.717, 1.165) is 5.56 Å². The van der Waals surface area contributed by atoms with Gasteiger partial charge >= 0.3 is 0 Å². The molecule has 0 aliphatic heterocycles. The first kappa shape index (κ1) is 15.4. The molecule has 0 radical (unpaired) electrons. The van der Waals surface area contributed by atoms with E-state index in [9.17, 15) is 15.0 Å². The van der Waals surface area contributed by atoms with Crippen LogP contribution in [0.2, 0.25) is 0 Å². The summed E-state index contributed by atoms with van der Waals surface area (Å²) in [5, 5.41) is 28.3. The van der Waals surface area contributed by atoms with Crippen LogP contribution in [0.5, 0.6) is 0 Å². The molecule has 0 amide bonds. The van der Waals surface area contributed by atoms with E-state index in [-0.39, 0.29) is 30.6 Å². The van der Waals surface area contributed by atoms with Crippen molar-refractivity contribution in [3.63, 3.8) is 0 Å². The summed E-state index contributed by atoms with van der Waals surface area (Å²) in [5.74, 6) is 0. The van der Waals surface area contributed by atoms with Crippen LogP contribution >= 0.6 is 0 Å². The molecule has 2 aromatic carbocycles. The Kier molecular flexibility index (Phi) is 4.25. The highest BCUT2D eigenvalue weighted by molar-refractivity contribution is 5.85. The summed E-state index contributed by atoms with van der Waals surface area (Å²) < 4.78 is 5.53. The molecule has 1 aromatic heterocycles. The lowest BCUT2D eigenvalue weighted by Crippen LogP contribution is -2.09. The van der Waals surface area contributed by atoms with E-state index < -0.39 is 0 Å². The SMILES string of the molecule is O=c1c(-c2ccc(CO)cc2)coc2ccc(CO)c(CO)c12. The molecule has 0 saturated carbocycles. The largest absolute Gasteiger partial charge is 0.463 e. The zero-order valence-electron chi connectivity index (χ0n) is 12.3. The Hall–Kier alpha value is -2.47. The lowest BCUT2D eigenvalue weighted by Gasteiger charge is -2.09. The Morgan fingerprint density at radius 3 is 2.22 bits per heavy atom. The minimum absolute atomic E-state index is 0.0683. The maximum atomic E-state index is 12.8. The molecule has 0 bridgehead atoms. The number of hydrogen-bond donors (Lipinski definition) is 3. The fourth-order valence-corrected chi connectivity index (χ4v) is 2.64. The van der Waals surface area contributed by atoms with Gasteiger partial charge in [0.1, 0.15) is 11.8 Å². The standard InChI is InChI=1S/C18H16O5/c19-7-11-1-3-12(4-2-11)15-10-23-16-6-5-13(8-20)14(9-21)17(16)18(15)22/h1-6,10,19-21H,7-9H2. The van der Waals surface area contributed by atoms with Crippen molar-refractivity contribution in [3.8, 4) is 11.1 Å². The normalized spacial score (nSPS) is 11.1. The predicted octanol–water partition coefficient (Wildman–Crippen LogP) is 1.94. The Morgan fingerprint density at radius 2 is 1.61 bits per heavy atom. The van der Waals surface area contributed by atoms with Crippen molar-refractivity contribution in [1.82, 2.24) is 0 Å². The van der Waals surface area contributed by atoms with Crippen molar-refractivity contribution in [3.05, 3.63) is 69.6 Å². The third-order valence-electron chi connectivity index (χ3n) is 3.92. The molecular weight excluding hydrogens is 296 g/mol. The summed E-state index contributed by atoms with van der Waals surface area (Å²) in [6, 6.07) is 10.2. The van der Waals surface area contributed by atoms with Gasteiger partial charge in [-0.25, -0.2) is 0 Å². The van der Waals surface area contributed by atoms with E-state index in [4.69, 9.17) is 9.52 Å². The molecule has 0 aliphatic rings. The van der Waals surface area contributed by atoms with Crippen LogP contribution in [0.4, 0.5) is 0 Å². The van der Waals surface area contributed by atoms with Crippen LogP contribution in [0.25, 0.3) is 22.1 Å². The molecule has 0 saturated heterocycles. The highest BCUT2D eigenvalue weighted by Crippen LogP contribution is 2.24. The molecular formula is C18H16O5. The molecule has 1 heterocycles. The number of hydrogen-bond acceptors (Lipinski definition) is 5. The highest BCUT2D eigenvalue weighted by atomic mass is 16.3. The van der Waals surface area contributed by atoms with Gasteiger partial charge in [-0.2, -0.15) is 0 Å². The van der Waals surface area contributed by atoms with Crippen LogP contribution in [-0.2, 0) is 19.8 Å². The zero-order chi connectivity index (χ0) is 16.4. The molecule has 5 heteroatoms. The molecule has 23 heavy (non-hydrogen) atoms. The maximum Gasteiger partial charge on any atom is 0.200 e. The molecule has 3 aromatic rings. The second-order valence-electron chi connectivity index (χ2n) is 5.23. The quantitative estimate of drug-likeness (QED) is 0.685. The van der Waals surface area contributed by atoms with Gasteiger partial charge in [0.2, 0.25) is 5.43 Å². The number of aliphatic hydroxyl groups excluding tert-OH is 3. The first-order chi connectivity index (χ1) is 11.2. The third-order valence-corrected chi connectivity index (χ3v) is 3.92. The molecule has 3 rings (SSSR count). The van der Waals surface area contributed by atoms with E-state index in [2.05, 4.69) is 0 Å². The topological polar surface area (TPSA) is 90.9 Å². The molecule has 0 atom stereocenters. The van der Waals surface area contributed by atoms with Gasteiger partial charge in [0.05, 0.1) is 30.8 Å². The number of aliphatic hydroxyl groups is 3. The molecule has 3 N–H and O–H groups in total. The third kappa shape index (κ3) is 2.66. The predicted molar refractivity (Wildman–Crippen MR) is 85.7 cm³/mol. The van der Waals surface area contributed by atoms with E-state index in [1.165, 1.54) is 6.26 Å². The smallest absolute Gasteiger partial charge is 0.200 e. The Bertz CT molecular complexity index is 894. The minimum Gasteiger partial charge on any atom is -0.463 e. The van der Waals surface area contributed by atoms with Gasteiger partial charge in [-0.05, 0) is 28.3 Å². The number of benzene rings is 2. The monoisotopic (exact) mass is 312 g/mol. The summed E-state index contributed by atoms with van der Waals surface area (Å²) in [5.41, 5.74) is 2.77. The fourth-order valence-electron chi connectivity index (χ4n) is 2.64. The first-order valence-corrected chi connectivity index (χ1v) is 7.17. The van der Waals surface area contributed by atoms with Crippen LogP contribution in [0.3, 0.4) is 0 Å². The summed E-state index contributed by atoms with van der Waals surface area (Å²) in [6.45, 7) is -0.688. The van der Waals surface area contributed by atoms with Crippen molar-refractivity contribution in [1.29, 1.82) is 0 Å². The van der Waals surface area contributed by atoms with Gasteiger partial charge in [0.15, 0.2) is 0 Å². The van der Waals surface area contributed by atoms with Crippen molar-refractivity contribution >= 4 is 11.0 Å². The van der Waals surface area contributed by atoms with Gasteiger partial charge in [-0.3, -0.25) is 4.79 Å². The second-order valence-corrected chi connectivity index (χ2v) is 5.23. The van der Waals surface area contributed by atoms with Crippen LogP contribution in [0.15, 0.2) is 51.9 Å². The van der Waals surface area contributed by atoms with Gasteiger partial charge < -0.3 is 19.7 Å². The van der Waals surface area contributed by atoms with Gasteiger partial charge in [0.25, 0.3) is 0 Å². The molecule has 0 spiro atoms. The summed E-state index contributed by atoms with van der Waals surface area (Å²) >= 11 is 0. The highest BCUT2D eigenvalue weighted by Gasteiger charge is 2.15. The van der Waals surface area contributed by atoms with Crippen LogP contribution in [0.1, 0.15) is 16.7 Å². The van der Waals surface area contributed by atoms with Gasteiger partial charge in [0, 0.05) is 0 Å². The summed E-state index contributed by atoms with van der Waals surface area (Å²) in [4.78, 5) is 12.8. The lowest BCUT2D eigenvalue weighted by atomic mass is 9.99. The Balaban J connectivity index is 2.26. The van der Waals surface area contributed by atoms with E-state index in [1.807, 2.05) is 0 Å². The summed E-state index contributed by atoms with van der Waals surface area (Å²) in [6.07, 6.45) is 1.39. The van der Waals surface area contributed by atoms with E-state index in [0.29, 0.717) is 27.8 Å². The van der Waals surface area contributed by atoms with Crippen molar-refractivity contribution in [2.24, 2.45) is 0 Å². The average molecular weight is 312 g/mol. The maximum absolute atomic E-state index is 12.8. The van der Waals surface area contributed by atoms with Crippen molar-refractivity contribution < 1.29 is 19.7 Å². The average Bonchev–Trinajstić information content (AvgIpc) is 2.61. The number of rotatable bonds is 4. The Labute approximate surface area is 132 Å². The summed E-state index contributed by atoms with van der Waals surface area (Å²) in [7, 11) is 0. The molecule has 0 fully saturated rings. The first-order valence-electron chi connectivity index (χ1n) is 7.17. The molecule has 5 nitrogen and oxygen atoms in total. The molecule has 0 unspecified atom stereocenters. The lowest BCUT2D eigenvalue weighted by molar-refractivity contribution is 0.261. The van der Waals surface area contributed by atoms with Crippen molar-refractivity contribution in [2.45, 2.75) is 19.8 Å². The second kappa shape index (κ2) is 6.34.